The lowest BCUT2D eigenvalue weighted by atomic mass is 9.78. The molecule has 0 atom stereocenters. The zero-order valence-electron chi connectivity index (χ0n) is 12.8. The van der Waals surface area contributed by atoms with Gasteiger partial charge in [0.1, 0.15) is 5.29 Å². The van der Waals surface area contributed by atoms with Crippen LogP contribution in [-0.4, -0.2) is 35.3 Å². The van der Waals surface area contributed by atoms with E-state index in [1.54, 1.807) is 5.01 Å². The summed E-state index contributed by atoms with van der Waals surface area (Å²) in [5.41, 5.74) is -0.534. The first-order valence-corrected chi connectivity index (χ1v) is 6.51. The van der Waals surface area contributed by atoms with Crippen molar-refractivity contribution < 1.29 is 27.3 Å². The number of rotatable bonds is 2. The van der Waals surface area contributed by atoms with Gasteiger partial charge in [0, 0.05) is 17.9 Å². The number of halogens is 4. The molecule has 0 aliphatic carbocycles. The quantitative estimate of drug-likeness (QED) is 0.595. The Balaban J connectivity index is 0.000000690. The Morgan fingerprint density at radius 3 is 1.71 bits per heavy atom. The van der Waals surface area contributed by atoms with Crippen molar-refractivity contribution >= 4 is 13.2 Å². The van der Waals surface area contributed by atoms with Crippen molar-refractivity contribution in [1.82, 2.24) is 10.3 Å². The number of piperidine rings is 1. The number of carbonyl (C=O) groups excluding carboxylic acids is 1. The second-order valence-electron chi connectivity index (χ2n) is 6.35. The molecule has 0 saturated carbocycles. The monoisotopic (exact) mass is 315 g/mol. The molecule has 0 unspecified atom stereocenters. The number of hydrogen-bond acceptors (Lipinski definition) is 2. The van der Waals surface area contributed by atoms with Crippen LogP contribution in [-0.2, 0) is 4.79 Å². The lowest BCUT2D eigenvalue weighted by Crippen LogP contribution is -2.89. The van der Waals surface area contributed by atoms with Crippen LogP contribution in [0.3, 0.4) is 0 Å². The van der Waals surface area contributed by atoms with Gasteiger partial charge in [-0.25, -0.2) is 0 Å². The Kier molecular flexibility index (Phi) is 6.19. The molecule has 1 amide bonds. The van der Waals surface area contributed by atoms with E-state index >= 15 is 0 Å². The minimum Gasteiger partial charge on any atom is -0.418 e. The zero-order chi connectivity index (χ0) is 17.1. The summed E-state index contributed by atoms with van der Waals surface area (Å²) in [6.07, 6.45) is 1.54. The van der Waals surface area contributed by atoms with E-state index in [0.717, 1.165) is 12.8 Å². The fourth-order valence-corrected chi connectivity index (χ4v) is 2.92. The number of nitroso groups, excluding NO2 is 1. The van der Waals surface area contributed by atoms with Crippen molar-refractivity contribution in [2.75, 3.05) is 0 Å². The Morgan fingerprint density at radius 1 is 1.14 bits per heavy atom. The van der Waals surface area contributed by atoms with Gasteiger partial charge in [-0.1, -0.05) is 0 Å². The Morgan fingerprint density at radius 2 is 1.48 bits per heavy atom. The molecule has 0 bridgehead atoms. The van der Waals surface area contributed by atoms with Crippen LogP contribution in [0.25, 0.3) is 0 Å². The molecule has 0 radical (unpaired) electrons. The second-order valence-corrected chi connectivity index (χ2v) is 6.35. The van der Waals surface area contributed by atoms with Crippen LogP contribution in [0.1, 0.15) is 47.5 Å². The highest BCUT2D eigenvalue weighted by Gasteiger charge is 2.49. The smallest absolute Gasteiger partial charge is 0.418 e. The summed E-state index contributed by atoms with van der Waals surface area (Å²) in [5.74, 6) is -0.0138. The third-order valence-electron chi connectivity index (χ3n) is 3.20. The second kappa shape index (κ2) is 6.61. The van der Waals surface area contributed by atoms with Crippen LogP contribution >= 0.6 is 0 Å². The molecule has 1 fully saturated rings. The van der Waals surface area contributed by atoms with Crippen molar-refractivity contribution in [1.29, 1.82) is 0 Å². The minimum absolute atomic E-state index is 0.0138. The van der Waals surface area contributed by atoms with Gasteiger partial charge in [-0.3, -0.25) is 4.79 Å². The number of hydrazine groups is 1. The summed E-state index contributed by atoms with van der Waals surface area (Å²) in [6.45, 7) is 9.56. The van der Waals surface area contributed by atoms with E-state index in [1.807, 2.05) is 33.0 Å². The van der Waals surface area contributed by atoms with Crippen molar-refractivity contribution in [3.63, 3.8) is 0 Å². The summed E-state index contributed by atoms with van der Waals surface area (Å²) in [7, 11) is -6.00. The third-order valence-corrected chi connectivity index (χ3v) is 3.20. The molecular formula is C11H22BF4N3O2. The maximum atomic E-state index is 11.1. The predicted molar refractivity (Wildman–Crippen MR) is 71.4 cm³/mol. The van der Waals surface area contributed by atoms with Crippen molar-refractivity contribution in [3.8, 4) is 0 Å². The summed E-state index contributed by atoms with van der Waals surface area (Å²) in [6, 6.07) is 0.132. The lowest BCUT2D eigenvalue weighted by Gasteiger charge is -2.47. The van der Waals surface area contributed by atoms with E-state index in [4.69, 9.17) is 0 Å². The molecule has 0 aromatic heterocycles. The normalized spacial score (nSPS) is 21.1. The number of nitrogens with zero attached hydrogens (tertiary/aromatic N) is 1. The molecule has 5 nitrogen and oxygen atoms in total. The first-order valence-electron chi connectivity index (χ1n) is 6.51. The van der Waals surface area contributed by atoms with E-state index in [1.165, 1.54) is 6.92 Å². The van der Waals surface area contributed by atoms with E-state index < -0.39 is 7.25 Å². The third kappa shape index (κ3) is 7.28. The highest BCUT2D eigenvalue weighted by atomic mass is 19.5. The van der Waals surface area contributed by atoms with E-state index in [-0.39, 0.29) is 23.0 Å². The standard InChI is InChI=1S/C11H21N3O2.BF4/c1-8(15)12-9-6-10(2,3)14(13-16)11(4,5)7-9;2-1(3,4)5/h9H,6-7H2,1-5H3,(H,12,15);/q;-1/p+1. The molecule has 124 valence electrons. The largest absolute Gasteiger partial charge is 0.673 e. The maximum absolute atomic E-state index is 11.1. The molecule has 1 aliphatic rings. The van der Waals surface area contributed by atoms with E-state index in [9.17, 15) is 27.0 Å². The molecule has 21 heavy (non-hydrogen) atoms. The van der Waals surface area contributed by atoms with E-state index in [0.29, 0.717) is 0 Å². The highest BCUT2D eigenvalue weighted by molar-refractivity contribution is 6.50. The number of carbonyl (C=O) groups is 1. The van der Waals surface area contributed by atoms with Gasteiger partial charge in [-0.05, 0) is 40.5 Å². The number of nitrogens with one attached hydrogen (secondary N) is 2. The number of amides is 1. The first kappa shape index (κ1) is 19.7. The molecule has 1 heterocycles. The summed E-state index contributed by atoms with van der Waals surface area (Å²) < 4.78 is 39.0. The van der Waals surface area contributed by atoms with Crippen LogP contribution in [0.2, 0.25) is 0 Å². The minimum atomic E-state index is -6.00. The van der Waals surface area contributed by atoms with Gasteiger partial charge in [0.25, 0.3) is 0 Å². The Bertz CT molecular complexity index is 364. The summed E-state index contributed by atoms with van der Waals surface area (Å²) >= 11 is 0. The Labute approximate surface area is 121 Å². The maximum Gasteiger partial charge on any atom is 0.673 e. The summed E-state index contributed by atoms with van der Waals surface area (Å²) in [5, 5.41) is 6.71. The van der Waals surface area contributed by atoms with E-state index in [2.05, 4.69) is 5.32 Å². The molecule has 0 aromatic carbocycles. The average Bonchev–Trinajstić information content (AvgIpc) is 2.08. The molecule has 1 saturated heterocycles. The van der Waals surface area contributed by atoms with Crippen LogP contribution in [0.15, 0.2) is 0 Å². The molecule has 0 spiro atoms. The number of hydrogen-bond donors (Lipinski definition) is 2. The zero-order valence-corrected chi connectivity index (χ0v) is 12.8. The predicted octanol–water partition coefficient (Wildman–Crippen LogP) is 1.21. The first-order chi connectivity index (χ1) is 9.19. The summed E-state index contributed by atoms with van der Waals surface area (Å²) in [4.78, 5) is 22.1. The van der Waals surface area contributed by atoms with Crippen molar-refractivity contribution in [2.24, 2.45) is 0 Å². The van der Waals surface area contributed by atoms with Crippen molar-refractivity contribution in [3.05, 3.63) is 4.91 Å². The fraction of sp³-hybridized carbons (Fsp3) is 0.909. The molecule has 1 aliphatic heterocycles. The van der Waals surface area contributed by atoms with Gasteiger partial charge in [0.05, 0.1) is 11.1 Å². The SMILES string of the molecule is CC(=O)NC1CC(C)(C)N([NH+]=O)C(C)(C)C1.F[B-](F)(F)F. The van der Waals surface area contributed by atoms with Gasteiger partial charge >= 0.3 is 7.25 Å². The molecule has 10 heteroatoms. The van der Waals surface area contributed by atoms with Gasteiger partial charge in [0.15, 0.2) is 0 Å². The topological polar surface area (TPSA) is 63.4 Å². The van der Waals surface area contributed by atoms with Gasteiger partial charge in [0.2, 0.25) is 5.91 Å². The van der Waals surface area contributed by atoms with Gasteiger partial charge in [-0.15, -0.1) is 5.01 Å². The molecule has 2 N–H and O–H groups in total. The van der Waals surface area contributed by atoms with Crippen LogP contribution in [0, 0.1) is 4.91 Å². The van der Waals surface area contributed by atoms with Crippen LogP contribution < -0.4 is 10.6 Å². The van der Waals surface area contributed by atoms with Crippen LogP contribution in [0.5, 0.6) is 0 Å². The fourth-order valence-electron chi connectivity index (χ4n) is 2.92. The molecule has 1 rings (SSSR count). The van der Waals surface area contributed by atoms with Crippen LogP contribution in [0.4, 0.5) is 17.3 Å². The average molecular weight is 315 g/mol. The molecule has 0 aromatic rings. The van der Waals surface area contributed by atoms with Crippen molar-refractivity contribution in [2.45, 2.75) is 64.6 Å². The molecular weight excluding hydrogens is 293 g/mol. The lowest BCUT2D eigenvalue weighted by molar-refractivity contribution is -0.704. The highest BCUT2D eigenvalue weighted by Crippen LogP contribution is 2.34. The Hall–Kier alpha value is -1.35. The van der Waals surface area contributed by atoms with Gasteiger partial charge in [-0.2, -0.15) is 0 Å². The van der Waals surface area contributed by atoms with Gasteiger partial charge < -0.3 is 22.6 Å².